The van der Waals surface area contributed by atoms with Gasteiger partial charge < -0.3 is 20.5 Å². The van der Waals surface area contributed by atoms with Crippen molar-refractivity contribution in [2.45, 2.75) is 18.9 Å². The fraction of sp³-hybridized carbons (Fsp3) is 0.333. The van der Waals surface area contributed by atoms with Crippen molar-refractivity contribution in [3.05, 3.63) is 53.7 Å². The van der Waals surface area contributed by atoms with E-state index in [1.165, 1.54) is 7.11 Å². The summed E-state index contributed by atoms with van der Waals surface area (Å²) in [6.07, 6.45) is 1.16. The van der Waals surface area contributed by atoms with Gasteiger partial charge in [0.15, 0.2) is 0 Å². The summed E-state index contributed by atoms with van der Waals surface area (Å²) in [6, 6.07) is 12.8. The van der Waals surface area contributed by atoms with Crippen LogP contribution in [0.1, 0.15) is 11.3 Å². The lowest BCUT2D eigenvalue weighted by atomic mass is 10.1. The molecule has 0 unspecified atom stereocenters. The molecule has 24 heavy (non-hydrogen) atoms. The molecule has 6 heteroatoms. The van der Waals surface area contributed by atoms with Gasteiger partial charge in [-0.15, -0.1) is 0 Å². The van der Waals surface area contributed by atoms with Crippen LogP contribution in [-0.4, -0.2) is 37.8 Å². The second-order valence-corrected chi connectivity index (χ2v) is 5.34. The number of carbonyl (C=O) groups is 1. The highest BCUT2D eigenvalue weighted by atomic mass is 16.5. The van der Waals surface area contributed by atoms with E-state index in [0.29, 0.717) is 13.0 Å². The lowest BCUT2D eigenvalue weighted by Crippen LogP contribution is -2.33. The Bertz CT molecular complexity index is 659. The minimum Gasteiger partial charge on any atom is -0.493 e. The number of nitrogens with one attached hydrogen (secondary N) is 1. The minimum absolute atomic E-state index is 0.411. The maximum Gasteiger partial charge on any atom is 0.322 e. The zero-order valence-electron chi connectivity index (χ0n) is 14.0. The van der Waals surface area contributed by atoms with Crippen LogP contribution in [0.4, 0.5) is 5.82 Å². The molecule has 1 heterocycles. The molecule has 0 saturated heterocycles. The highest BCUT2D eigenvalue weighted by molar-refractivity contribution is 5.75. The molecule has 2 aromatic rings. The quantitative estimate of drug-likeness (QED) is 0.718. The summed E-state index contributed by atoms with van der Waals surface area (Å²) in [6.45, 7) is 0.543. The van der Waals surface area contributed by atoms with Crippen molar-refractivity contribution in [3.63, 3.8) is 0 Å². The van der Waals surface area contributed by atoms with Gasteiger partial charge in [0.2, 0.25) is 0 Å². The number of pyridine rings is 1. The molecular formula is C18H23N3O3. The number of benzene rings is 1. The molecule has 0 aliphatic heterocycles. The zero-order chi connectivity index (χ0) is 17.4. The molecule has 2 rings (SSSR count). The van der Waals surface area contributed by atoms with Gasteiger partial charge in [0.05, 0.1) is 13.7 Å². The van der Waals surface area contributed by atoms with Gasteiger partial charge in [0.1, 0.15) is 17.6 Å². The van der Waals surface area contributed by atoms with Gasteiger partial charge in [-0.3, -0.25) is 4.79 Å². The van der Waals surface area contributed by atoms with E-state index in [2.05, 4.69) is 15.0 Å². The first-order chi connectivity index (χ1) is 11.6. The molecule has 1 aromatic carbocycles. The van der Waals surface area contributed by atoms with E-state index in [0.717, 1.165) is 29.2 Å². The van der Waals surface area contributed by atoms with Crippen LogP contribution in [0, 0.1) is 0 Å². The number of hydrogen-bond acceptors (Lipinski definition) is 6. The predicted octanol–water partition coefficient (Wildman–Crippen LogP) is 1.79. The van der Waals surface area contributed by atoms with E-state index in [4.69, 9.17) is 10.5 Å². The average Bonchev–Trinajstić information content (AvgIpc) is 2.62. The number of anilines is 1. The number of nitrogens with zero attached hydrogens (tertiary/aromatic N) is 1. The summed E-state index contributed by atoms with van der Waals surface area (Å²) >= 11 is 0. The van der Waals surface area contributed by atoms with Gasteiger partial charge in [-0.2, -0.15) is 0 Å². The van der Waals surface area contributed by atoms with Crippen LogP contribution in [0.15, 0.2) is 42.5 Å². The summed E-state index contributed by atoms with van der Waals surface area (Å²) < 4.78 is 10.3. The van der Waals surface area contributed by atoms with Crippen LogP contribution < -0.4 is 15.8 Å². The van der Waals surface area contributed by atoms with Crippen molar-refractivity contribution >= 4 is 11.8 Å². The Morgan fingerprint density at radius 3 is 2.67 bits per heavy atom. The van der Waals surface area contributed by atoms with Crippen LogP contribution in [-0.2, 0) is 22.4 Å². The van der Waals surface area contributed by atoms with Gasteiger partial charge in [-0.25, -0.2) is 4.98 Å². The largest absolute Gasteiger partial charge is 0.493 e. The van der Waals surface area contributed by atoms with Crippen molar-refractivity contribution in [2.75, 3.05) is 26.1 Å². The summed E-state index contributed by atoms with van der Waals surface area (Å²) in [5.41, 5.74) is 7.68. The molecule has 6 nitrogen and oxygen atoms in total. The first kappa shape index (κ1) is 17.7. The highest BCUT2D eigenvalue weighted by Crippen LogP contribution is 2.14. The van der Waals surface area contributed by atoms with Crippen molar-refractivity contribution < 1.29 is 14.3 Å². The number of rotatable bonds is 8. The third-order valence-corrected chi connectivity index (χ3v) is 3.57. The molecule has 0 aliphatic rings. The normalized spacial score (nSPS) is 11.6. The predicted molar refractivity (Wildman–Crippen MR) is 93.1 cm³/mol. The molecule has 0 fully saturated rings. The van der Waals surface area contributed by atoms with Crippen LogP contribution in [0.5, 0.6) is 5.75 Å². The van der Waals surface area contributed by atoms with E-state index in [9.17, 15) is 4.79 Å². The van der Waals surface area contributed by atoms with Gasteiger partial charge in [-0.05, 0) is 36.2 Å². The van der Waals surface area contributed by atoms with Crippen molar-refractivity contribution in [3.8, 4) is 5.75 Å². The van der Waals surface area contributed by atoms with Gasteiger partial charge in [0, 0.05) is 19.2 Å². The maximum atomic E-state index is 11.3. The fourth-order valence-corrected chi connectivity index (χ4v) is 2.24. The van der Waals surface area contributed by atoms with Crippen molar-refractivity contribution in [1.29, 1.82) is 0 Å². The fourth-order valence-electron chi connectivity index (χ4n) is 2.24. The molecule has 0 saturated carbocycles. The molecule has 128 valence electrons. The SMILES string of the molecule is CNc1cccc(CCOc2ccc(C[C@H](N)C(=O)OC)cc2)n1. The Kier molecular flexibility index (Phi) is 6.57. The number of methoxy groups -OCH3 is 1. The maximum absolute atomic E-state index is 11.3. The van der Waals surface area contributed by atoms with Gasteiger partial charge in [-0.1, -0.05) is 18.2 Å². The van der Waals surface area contributed by atoms with Gasteiger partial charge in [0.25, 0.3) is 0 Å². The number of nitrogens with two attached hydrogens (primary N) is 1. The molecule has 1 atom stereocenters. The number of aromatic nitrogens is 1. The molecule has 0 aliphatic carbocycles. The zero-order valence-corrected chi connectivity index (χ0v) is 14.0. The molecule has 0 radical (unpaired) electrons. The summed E-state index contributed by atoms with van der Waals surface area (Å²) in [5, 5.41) is 3.01. The Morgan fingerprint density at radius 1 is 1.25 bits per heavy atom. The molecule has 0 spiro atoms. The average molecular weight is 329 g/mol. The van der Waals surface area contributed by atoms with Crippen LogP contribution in [0.3, 0.4) is 0 Å². The number of hydrogen-bond donors (Lipinski definition) is 2. The van der Waals surface area contributed by atoms with Crippen molar-refractivity contribution in [2.24, 2.45) is 5.73 Å². The van der Waals surface area contributed by atoms with E-state index in [-0.39, 0.29) is 0 Å². The minimum atomic E-state index is -0.646. The Hall–Kier alpha value is -2.60. The topological polar surface area (TPSA) is 86.5 Å². The molecular weight excluding hydrogens is 306 g/mol. The summed E-state index contributed by atoms with van der Waals surface area (Å²) in [4.78, 5) is 15.8. The Morgan fingerprint density at radius 2 is 2.00 bits per heavy atom. The summed E-state index contributed by atoms with van der Waals surface area (Å²) in [5.74, 6) is 1.21. The third kappa shape index (κ3) is 5.24. The van der Waals surface area contributed by atoms with E-state index in [1.807, 2.05) is 49.5 Å². The van der Waals surface area contributed by atoms with Crippen LogP contribution in [0.25, 0.3) is 0 Å². The second-order valence-electron chi connectivity index (χ2n) is 5.34. The Labute approximate surface area is 142 Å². The van der Waals surface area contributed by atoms with Gasteiger partial charge >= 0.3 is 5.97 Å². The smallest absolute Gasteiger partial charge is 0.322 e. The molecule has 1 aromatic heterocycles. The summed E-state index contributed by atoms with van der Waals surface area (Å²) in [7, 11) is 3.18. The van der Waals surface area contributed by atoms with E-state index < -0.39 is 12.0 Å². The van der Waals surface area contributed by atoms with Crippen LogP contribution in [0.2, 0.25) is 0 Å². The third-order valence-electron chi connectivity index (χ3n) is 3.57. The Balaban J connectivity index is 1.82. The molecule has 3 N–H and O–H groups in total. The number of carbonyl (C=O) groups excluding carboxylic acids is 1. The first-order valence-corrected chi connectivity index (χ1v) is 7.81. The lowest BCUT2D eigenvalue weighted by molar-refractivity contribution is -0.142. The number of esters is 1. The van der Waals surface area contributed by atoms with Crippen molar-refractivity contribution in [1.82, 2.24) is 4.98 Å². The van der Waals surface area contributed by atoms with E-state index in [1.54, 1.807) is 0 Å². The first-order valence-electron chi connectivity index (χ1n) is 7.81. The molecule has 0 bridgehead atoms. The second kappa shape index (κ2) is 8.88. The number of ether oxygens (including phenoxy) is 2. The highest BCUT2D eigenvalue weighted by Gasteiger charge is 2.14. The van der Waals surface area contributed by atoms with E-state index >= 15 is 0 Å². The standard InChI is InChI=1S/C18H23N3O3/c1-20-17-5-3-4-14(21-17)10-11-24-15-8-6-13(7-9-15)12-16(19)18(22)23-2/h3-9,16H,10-12,19H2,1-2H3,(H,20,21)/t16-/m0/s1. The monoisotopic (exact) mass is 329 g/mol. The molecule has 0 amide bonds. The van der Waals surface area contributed by atoms with Crippen LogP contribution >= 0.6 is 0 Å². The lowest BCUT2D eigenvalue weighted by Gasteiger charge is -2.10.